The van der Waals surface area contributed by atoms with Gasteiger partial charge in [-0.05, 0) is 25.1 Å². The number of H-pyrrole nitrogens is 1. The number of rotatable bonds is 4. The van der Waals surface area contributed by atoms with Gasteiger partial charge in [-0.25, -0.2) is 13.2 Å². The van der Waals surface area contributed by atoms with E-state index in [9.17, 15) is 13.2 Å². The molecule has 0 spiro atoms. The van der Waals surface area contributed by atoms with Crippen LogP contribution in [-0.4, -0.2) is 26.5 Å². The summed E-state index contributed by atoms with van der Waals surface area (Å²) in [5.74, 6) is -0.597. The normalized spacial score (nSPS) is 11.1. The van der Waals surface area contributed by atoms with Crippen LogP contribution in [0.5, 0.6) is 0 Å². The van der Waals surface area contributed by atoms with Gasteiger partial charge < -0.3 is 9.72 Å². The van der Waals surface area contributed by atoms with Crippen LogP contribution >= 0.6 is 0 Å². The lowest BCUT2D eigenvalue weighted by Gasteiger charge is -2.11. The van der Waals surface area contributed by atoms with Crippen molar-refractivity contribution in [3.8, 4) is 0 Å². The minimum absolute atomic E-state index is 0.0916. The van der Waals surface area contributed by atoms with E-state index >= 15 is 0 Å². The molecular weight excluding hydrogens is 280 g/mol. The Bertz CT molecular complexity index is 721. The Labute approximate surface area is 116 Å². The number of aromatic nitrogens is 1. The standard InChI is InChI=1S/C13H14N2O4S/c1-9-3-4-12(11(7-9)13(16)19-2)15-20(17,18)10-5-6-14-8-10/h3-8,14-15H,1-2H3. The number of ether oxygens (including phenoxy) is 1. The Morgan fingerprint density at radius 3 is 2.65 bits per heavy atom. The Hall–Kier alpha value is -2.28. The van der Waals surface area contributed by atoms with Gasteiger partial charge in [0.2, 0.25) is 0 Å². The summed E-state index contributed by atoms with van der Waals surface area (Å²) in [4.78, 5) is 14.5. The largest absolute Gasteiger partial charge is 0.465 e. The van der Waals surface area contributed by atoms with Crippen LogP contribution in [-0.2, 0) is 14.8 Å². The zero-order chi connectivity index (χ0) is 14.8. The number of carbonyl (C=O) groups excluding carboxylic acids is 1. The highest BCUT2D eigenvalue weighted by Gasteiger charge is 2.19. The van der Waals surface area contributed by atoms with Crippen molar-refractivity contribution in [1.29, 1.82) is 0 Å². The highest BCUT2D eigenvalue weighted by Crippen LogP contribution is 2.22. The molecule has 2 aromatic rings. The smallest absolute Gasteiger partial charge is 0.340 e. The van der Waals surface area contributed by atoms with Crippen LogP contribution in [0.2, 0.25) is 0 Å². The summed E-state index contributed by atoms with van der Waals surface area (Å²) in [6.07, 6.45) is 2.86. The van der Waals surface area contributed by atoms with Gasteiger partial charge in [0, 0.05) is 12.4 Å². The molecule has 0 amide bonds. The van der Waals surface area contributed by atoms with Crippen molar-refractivity contribution in [1.82, 2.24) is 4.98 Å². The Kier molecular flexibility index (Phi) is 3.80. The number of aryl methyl sites for hydroxylation is 1. The summed E-state index contributed by atoms with van der Waals surface area (Å²) >= 11 is 0. The SMILES string of the molecule is COC(=O)c1cc(C)ccc1NS(=O)(=O)c1cc[nH]c1. The molecule has 2 N–H and O–H groups in total. The molecule has 7 heteroatoms. The Morgan fingerprint density at radius 2 is 2.05 bits per heavy atom. The highest BCUT2D eigenvalue weighted by atomic mass is 32.2. The van der Waals surface area contributed by atoms with E-state index in [-0.39, 0.29) is 16.1 Å². The van der Waals surface area contributed by atoms with Crippen LogP contribution in [0.15, 0.2) is 41.6 Å². The molecule has 0 atom stereocenters. The average molecular weight is 294 g/mol. The van der Waals surface area contributed by atoms with Crippen LogP contribution < -0.4 is 4.72 Å². The first-order chi connectivity index (χ1) is 9.44. The summed E-state index contributed by atoms with van der Waals surface area (Å²) in [7, 11) is -2.49. The van der Waals surface area contributed by atoms with E-state index in [1.807, 2.05) is 0 Å². The monoisotopic (exact) mass is 294 g/mol. The van der Waals surface area contributed by atoms with Gasteiger partial charge in [-0.15, -0.1) is 0 Å². The van der Waals surface area contributed by atoms with Gasteiger partial charge in [0.15, 0.2) is 0 Å². The molecule has 0 aliphatic rings. The quantitative estimate of drug-likeness (QED) is 0.843. The molecule has 0 radical (unpaired) electrons. The molecule has 1 heterocycles. The van der Waals surface area contributed by atoms with Gasteiger partial charge in [0.05, 0.1) is 18.4 Å². The molecule has 1 aromatic heterocycles. The first-order valence-electron chi connectivity index (χ1n) is 5.78. The summed E-state index contributed by atoms with van der Waals surface area (Å²) in [6.45, 7) is 1.80. The zero-order valence-electron chi connectivity index (χ0n) is 11.0. The van der Waals surface area contributed by atoms with Crippen LogP contribution in [0.4, 0.5) is 5.69 Å². The first-order valence-corrected chi connectivity index (χ1v) is 7.27. The molecule has 0 saturated heterocycles. The van der Waals surface area contributed by atoms with Crippen molar-refractivity contribution in [2.75, 3.05) is 11.8 Å². The number of sulfonamides is 1. The Morgan fingerprint density at radius 1 is 1.30 bits per heavy atom. The number of carbonyl (C=O) groups is 1. The molecule has 0 aliphatic carbocycles. The molecule has 2 rings (SSSR count). The van der Waals surface area contributed by atoms with Crippen molar-refractivity contribution in [2.45, 2.75) is 11.8 Å². The van der Waals surface area contributed by atoms with Crippen LogP contribution in [0.25, 0.3) is 0 Å². The van der Waals surface area contributed by atoms with Crippen molar-refractivity contribution >= 4 is 21.7 Å². The maximum atomic E-state index is 12.1. The van der Waals surface area contributed by atoms with Gasteiger partial charge in [-0.2, -0.15) is 0 Å². The summed E-state index contributed by atoms with van der Waals surface area (Å²) < 4.78 is 31.3. The number of benzene rings is 1. The predicted molar refractivity (Wildman–Crippen MR) is 74.1 cm³/mol. The molecule has 0 bridgehead atoms. The van der Waals surface area contributed by atoms with E-state index in [1.54, 1.807) is 19.1 Å². The third-order valence-electron chi connectivity index (χ3n) is 2.70. The van der Waals surface area contributed by atoms with Crippen molar-refractivity contribution < 1.29 is 17.9 Å². The van der Waals surface area contributed by atoms with Gasteiger partial charge in [0.1, 0.15) is 4.90 Å². The van der Waals surface area contributed by atoms with Crippen LogP contribution in [0.3, 0.4) is 0 Å². The molecular formula is C13H14N2O4S. The molecule has 6 nitrogen and oxygen atoms in total. The number of hydrogen-bond donors (Lipinski definition) is 2. The first kappa shape index (κ1) is 14.1. The van der Waals surface area contributed by atoms with Crippen molar-refractivity contribution in [3.63, 3.8) is 0 Å². The third kappa shape index (κ3) is 2.83. The van der Waals surface area contributed by atoms with Crippen molar-refractivity contribution in [3.05, 3.63) is 47.8 Å². The maximum absolute atomic E-state index is 12.1. The average Bonchev–Trinajstić information content (AvgIpc) is 2.94. The van der Waals surface area contributed by atoms with Gasteiger partial charge >= 0.3 is 5.97 Å². The van der Waals surface area contributed by atoms with Gasteiger partial charge in [-0.3, -0.25) is 4.72 Å². The van der Waals surface area contributed by atoms with E-state index in [2.05, 4.69) is 14.4 Å². The lowest BCUT2D eigenvalue weighted by atomic mass is 10.1. The van der Waals surface area contributed by atoms with E-state index < -0.39 is 16.0 Å². The van der Waals surface area contributed by atoms with E-state index in [0.717, 1.165) is 5.56 Å². The molecule has 0 saturated carbocycles. The number of hydrogen-bond acceptors (Lipinski definition) is 4. The molecule has 0 unspecified atom stereocenters. The fourth-order valence-electron chi connectivity index (χ4n) is 1.71. The lowest BCUT2D eigenvalue weighted by Crippen LogP contribution is -2.15. The molecule has 20 heavy (non-hydrogen) atoms. The second-order valence-corrected chi connectivity index (χ2v) is 5.88. The number of nitrogens with one attached hydrogen (secondary N) is 2. The van der Waals surface area contributed by atoms with Crippen LogP contribution in [0, 0.1) is 6.92 Å². The second-order valence-electron chi connectivity index (χ2n) is 4.19. The van der Waals surface area contributed by atoms with E-state index in [4.69, 9.17) is 0 Å². The van der Waals surface area contributed by atoms with Crippen molar-refractivity contribution in [2.24, 2.45) is 0 Å². The molecule has 0 fully saturated rings. The van der Waals surface area contributed by atoms with Crippen LogP contribution in [0.1, 0.15) is 15.9 Å². The highest BCUT2D eigenvalue weighted by molar-refractivity contribution is 7.92. The topological polar surface area (TPSA) is 88.3 Å². The van der Waals surface area contributed by atoms with E-state index in [1.165, 1.54) is 31.6 Å². The minimum Gasteiger partial charge on any atom is -0.465 e. The number of aromatic amines is 1. The maximum Gasteiger partial charge on any atom is 0.340 e. The lowest BCUT2D eigenvalue weighted by molar-refractivity contribution is 0.0602. The number of anilines is 1. The fraction of sp³-hybridized carbons (Fsp3) is 0.154. The molecule has 0 aliphatic heterocycles. The number of esters is 1. The minimum atomic E-state index is -3.74. The van der Waals surface area contributed by atoms with Gasteiger partial charge in [-0.1, -0.05) is 11.6 Å². The summed E-state index contributed by atoms with van der Waals surface area (Å²) in [5.41, 5.74) is 1.19. The molecule has 1 aromatic carbocycles. The predicted octanol–water partition coefficient (Wildman–Crippen LogP) is 1.91. The van der Waals surface area contributed by atoms with E-state index in [0.29, 0.717) is 0 Å². The van der Waals surface area contributed by atoms with Gasteiger partial charge in [0.25, 0.3) is 10.0 Å². The zero-order valence-corrected chi connectivity index (χ0v) is 11.8. The summed E-state index contributed by atoms with van der Waals surface area (Å²) in [5, 5.41) is 0. The second kappa shape index (κ2) is 5.38. The summed E-state index contributed by atoms with van der Waals surface area (Å²) in [6, 6.07) is 6.24. The number of methoxy groups -OCH3 is 1. The Balaban J connectivity index is 2.42. The third-order valence-corrected chi connectivity index (χ3v) is 4.07. The fourth-order valence-corrected chi connectivity index (χ4v) is 2.76. The molecule has 106 valence electrons.